The van der Waals surface area contributed by atoms with Crippen molar-refractivity contribution < 1.29 is 22.7 Å². The third-order valence-corrected chi connectivity index (χ3v) is 2.14. The smallest absolute Gasteiger partial charge is 0.405 e. The summed E-state index contributed by atoms with van der Waals surface area (Å²) in [6, 6.07) is 6.96. The first-order valence-corrected chi connectivity index (χ1v) is 5.60. The van der Waals surface area contributed by atoms with Crippen molar-refractivity contribution in [3.05, 3.63) is 29.8 Å². The molecule has 0 aromatic heterocycles. The second kappa shape index (κ2) is 6.98. The van der Waals surface area contributed by atoms with Crippen molar-refractivity contribution in [2.75, 3.05) is 20.2 Å². The molecule has 0 heterocycles. The Morgan fingerprint density at radius 1 is 1.37 bits per heavy atom. The Balaban J connectivity index is 2.39. The van der Waals surface area contributed by atoms with Gasteiger partial charge in [0.25, 0.3) is 5.91 Å². The van der Waals surface area contributed by atoms with Crippen LogP contribution in [0.3, 0.4) is 0 Å². The molecule has 0 bridgehead atoms. The van der Waals surface area contributed by atoms with Crippen molar-refractivity contribution in [3.63, 3.8) is 0 Å². The standard InChI is InChI=1S/C12H15F3N2O2/c1-16-6-9-3-2-4-10(5-9)19-7-11(18)17-8-12(13,14)15/h2-5,16H,6-8H2,1H3,(H,17,18). The van der Waals surface area contributed by atoms with E-state index in [9.17, 15) is 18.0 Å². The van der Waals surface area contributed by atoms with Crippen LogP contribution in [0.15, 0.2) is 24.3 Å². The normalized spacial score (nSPS) is 11.2. The fraction of sp³-hybridized carbons (Fsp3) is 0.417. The lowest BCUT2D eigenvalue weighted by molar-refractivity contribution is -0.139. The molecule has 7 heteroatoms. The van der Waals surface area contributed by atoms with Crippen molar-refractivity contribution in [1.29, 1.82) is 0 Å². The Morgan fingerprint density at radius 2 is 2.11 bits per heavy atom. The van der Waals surface area contributed by atoms with Gasteiger partial charge in [0.05, 0.1) is 0 Å². The number of carbonyl (C=O) groups excluding carboxylic acids is 1. The molecule has 0 saturated carbocycles. The van der Waals surface area contributed by atoms with Gasteiger partial charge in [-0.25, -0.2) is 0 Å². The summed E-state index contributed by atoms with van der Waals surface area (Å²) in [5, 5.41) is 4.68. The average molecular weight is 276 g/mol. The Bertz CT molecular complexity index is 422. The van der Waals surface area contributed by atoms with E-state index in [4.69, 9.17) is 4.74 Å². The molecule has 0 atom stereocenters. The maximum Gasteiger partial charge on any atom is 0.405 e. The lowest BCUT2D eigenvalue weighted by Crippen LogP contribution is -2.36. The predicted molar refractivity (Wildman–Crippen MR) is 63.8 cm³/mol. The van der Waals surface area contributed by atoms with Gasteiger partial charge in [-0.15, -0.1) is 0 Å². The van der Waals surface area contributed by atoms with Crippen LogP contribution in [0.25, 0.3) is 0 Å². The fourth-order valence-corrected chi connectivity index (χ4v) is 1.35. The van der Waals surface area contributed by atoms with Crippen molar-refractivity contribution >= 4 is 5.91 Å². The molecule has 4 nitrogen and oxygen atoms in total. The van der Waals surface area contributed by atoms with Crippen LogP contribution in [0.1, 0.15) is 5.56 Å². The van der Waals surface area contributed by atoms with E-state index >= 15 is 0 Å². The average Bonchev–Trinajstić information content (AvgIpc) is 2.34. The minimum atomic E-state index is -4.41. The molecule has 0 aliphatic carbocycles. The van der Waals surface area contributed by atoms with Gasteiger partial charge >= 0.3 is 6.18 Å². The molecular formula is C12H15F3N2O2. The number of ether oxygens (including phenoxy) is 1. The first-order valence-electron chi connectivity index (χ1n) is 5.60. The number of halogens is 3. The fourth-order valence-electron chi connectivity index (χ4n) is 1.35. The largest absolute Gasteiger partial charge is 0.484 e. The second-order valence-corrected chi connectivity index (χ2v) is 3.86. The van der Waals surface area contributed by atoms with Crippen molar-refractivity contribution in [3.8, 4) is 5.75 Å². The number of hydrogen-bond donors (Lipinski definition) is 2. The highest BCUT2D eigenvalue weighted by Gasteiger charge is 2.27. The van der Waals surface area contributed by atoms with Gasteiger partial charge in [-0.2, -0.15) is 13.2 Å². The third-order valence-electron chi connectivity index (χ3n) is 2.14. The summed E-state index contributed by atoms with van der Waals surface area (Å²) in [5.74, 6) is -0.369. The van der Waals surface area contributed by atoms with E-state index < -0.39 is 25.2 Å². The zero-order chi connectivity index (χ0) is 14.3. The Kier molecular flexibility index (Phi) is 5.62. The summed E-state index contributed by atoms with van der Waals surface area (Å²) in [7, 11) is 1.79. The van der Waals surface area contributed by atoms with Crippen LogP contribution >= 0.6 is 0 Å². The van der Waals surface area contributed by atoms with Gasteiger partial charge in [0, 0.05) is 6.54 Å². The van der Waals surface area contributed by atoms with Gasteiger partial charge in [-0.1, -0.05) is 12.1 Å². The van der Waals surface area contributed by atoms with E-state index in [1.54, 1.807) is 30.6 Å². The van der Waals surface area contributed by atoms with Crippen LogP contribution in [0.5, 0.6) is 5.75 Å². The van der Waals surface area contributed by atoms with Gasteiger partial charge in [0.15, 0.2) is 6.61 Å². The molecule has 0 fully saturated rings. The van der Waals surface area contributed by atoms with Crippen LogP contribution in [-0.4, -0.2) is 32.3 Å². The molecule has 1 aromatic carbocycles. The van der Waals surface area contributed by atoms with E-state index in [0.29, 0.717) is 12.3 Å². The summed E-state index contributed by atoms with van der Waals surface area (Å²) in [4.78, 5) is 11.1. The van der Waals surface area contributed by atoms with Crippen molar-refractivity contribution in [2.45, 2.75) is 12.7 Å². The van der Waals surface area contributed by atoms with Crippen molar-refractivity contribution in [2.24, 2.45) is 0 Å². The second-order valence-electron chi connectivity index (χ2n) is 3.86. The summed E-state index contributed by atoms with van der Waals surface area (Å²) >= 11 is 0. The molecule has 1 rings (SSSR count). The molecule has 19 heavy (non-hydrogen) atoms. The molecular weight excluding hydrogens is 261 g/mol. The summed E-state index contributed by atoms with van der Waals surface area (Å²) < 4.78 is 40.7. The molecule has 0 unspecified atom stereocenters. The van der Waals surface area contributed by atoms with Gasteiger partial charge in [0.1, 0.15) is 12.3 Å². The van der Waals surface area contributed by atoms with E-state index in [2.05, 4.69) is 5.32 Å². The maximum absolute atomic E-state index is 11.9. The minimum Gasteiger partial charge on any atom is -0.484 e. The molecule has 0 aliphatic heterocycles. The first kappa shape index (κ1) is 15.3. The molecule has 0 aliphatic rings. The zero-order valence-corrected chi connectivity index (χ0v) is 10.4. The SMILES string of the molecule is CNCc1cccc(OCC(=O)NCC(F)(F)F)c1. The highest BCUT2D eigenvalue weighted by molar-refractivity contribution is 5.77. The summed E-state index contributed by atoms with van der Waals surface area (Å²) in [6.07, 6.45) is -4.41. The number of benzene rings is 1. The first-order chi connectivity index (χ1) is 8.90. The Labute approximate surface area is 108 Å². The lowest BCUT2D eigenvalue weighted by atomic mass is 10.2. The maximum atomic E-state index is 11.9. The molecule has 2 N–H and O–H groups in total. The van der Waals surface area contributed by atoms with Crippen LogP contribution in [-0.2, 0) is 11.3 Å². The topological polar surface area (TPSA) is 50.4 Å². The molecule has 0 radical (unpaired) electrons. The van der Waals surface area contributed by atoms with E-state index in [1.807, 2.05) is 6.07 Å². The number of carbonyl (C=O) groups is 1. The van der Waals surface area contributed by atoms with Crippen LogP contribution in [0.2, 0.25) is 0 Å². The van der Waals surface area contributed by atoms with E-state index in [0.717, 1.165) is 5.56 Å². The van der Waals surface area contributed by atoms with Crippen LogP contribution in [0.4, 0.5) is 13.2 Å². The monoisotopic (exact) mass is 276 g/mol. The van der Waals surface area contributed by atoms with Gasteiger partial charge < -0.3 is 15.4 Å². The molecule has 0 spiro atoms. The summed E-state index contributed by atoms with van der Waals surface area (Å²) in [6.45, 7) is -1.16. The summed E-state index contributed by atoms with van der Waals surface area (Å²) in [5.41, 5.74) is 0.954. The number of amides is 1. The molecule has 1 aromatic rings. The van der Waals surface area contributed by atoms with Gasteiger partial charge in [-0.05, 0) is 24.7 Å². The highest BCUT2D eigenvalue weighted by Crippen LogP contribution is 2.14. The van der Waals surface area contributed by atoms with E-state index in [-0.39, 0.29) is 0 Å². The highest BCUT2D eigenvalue weighted by atomic mass is 19.4. The Hall–Kier alpha value is -1.76. The lowest BCUT2D eigenvalue weighted by Gasteiger charge is -2.10. The zero-order valence-electron chi connectivity index (χ0n) is 10.4. The van der Waals surface area contributed by atoms with Crippen molar-refractivity contribution in [1.82, 2.24) is 10.6 Å². The number of nitrogens with one attached hydrogen (secondary N) is 2. The minimum absolute atomic E-state index is 0.440. The van der Waals surface area contributed by atoms with Gasteiger partial charge in [-0.3, -0.25) is 4.79 Å². The third kappa shape index (κ3) is 6.66. The van der Waals surface area contributed by atoms with Crippen LogP contribution < -0.4 is 15.4 Å². The number of hydrogen-bond acceptors (Lipinski definition) is 3. The predicted octanol–water partition coefficient (Wildman–Crippen LogP) is 1.46. The quantitative estimate of drug-likeness (QED) is 0.827. The van der Waals surface area contributed by atoms with E-state index in [1.165, 1.54) is 0 Å². The molecule has 1 amide bonds. The molecule has 106 valence electrons. The Morgan fingerprint density at radius 3 is 2.74 bits per heavy atom. The number of alkyl halides is 3. The molecule has 0 saturated heterocycles. The van der Waals surface area contributed by atoms with Gasteiger partial charge in [0.2, 0.25) is 0 Å². The van der Waals surface area contributed by atoms with Crippen LogP contribution in [0, 0.1) is 0 Å². The number of rotatable bonds is 6.